The van der Waals surface area contributed by atoms with Gasteiger partial charge in [0.15, 0.2) is 17.5 Å². The van der Waals surface area contributed by atoms with Gasteiger partial charge in [-0.25, -0.2) is 15.0 Å². The van der Waals surface area contributed by atoms with Gasteiger partial charge in [0, 0.05) is 43.7 Å². The summed E-state index contributed by atoms with van der Waals surface area (Å²) in [7, 11) is 0. The number of nitrogens with zero attached hydrogens (tertiary/aromatic N) is 3. The van der Waals surface area contributed by atoms with Gasteiger partial charge in [-0.2, -0.15) is 0 Å². The molecule has 12 aromatic rings. The topological polar surface area (TPSA) is 65.0 Å². The first kappa shape index (κ1) is 40.7. The zero-order chi connectivity index (χ0) is 47.0. The summed E-state index contributed by atoms with van der Waals surface area (Å²) in [6.07, 6.45) is 5.25. The number of rotatable bonds is 5. The fraction of sp³-hybridized carbons (Fsp3) is 0.167. The van der Waals surface area contributed by atoms with Crippen LogP contribution in [0.15, 0.2) is 197 Å². The molecule has 3 heterocycles. The smallest absolute Gasteiger partial charge is 0.164 e. The zero-order valence-corrected chi connectivity index (χ0v) is 39.7. The number of hydrogen-bond donors (Lipinski definition) is 0. The Morgan fingerprint density at radius 2 is 0.930 bits per heavy atom. The van der Waals surface area contributed by atoms with E-state index >= 15 is 0 Å². The summed E-state index contributed by atoms with van der Waals surface area (Å²) in [5, 5.41) is 6.64. The molecule has 1 spiro atoms. The Morgan fingerprint density at radius 3 is 1.62 bits per heavy atom. The van der Waals surface area contributed by atoms with Gasteiger partial charge >= 0.3 is 0 Å². The van der Waals surface area contributed by atoms with Gasteiger partial charge in [-0.15, -0.1) is 0 Å². The third kappa shape index (κ3) is 6.02. The van der Waals surface area contributed by atoms with Crippen molar-refractivity contribution in [2.24, 2.45) is 23.7 Å². The van der Waals surface area contributed by atoms with Crippen molar-refractivity contribution in [1.29, 1.82) is 0 Å². The van der Waals surface area contributed by atoms with Crippen molar-refractivity contribution < 1.29 is 8.83 Å². The van der Waals surface area contributed by atoms with Gasteiger partial charge in [-0.3, -0.25) is 0 Å². The summed E-state index contributed by atoms with van der Waals surface area (Å²) < 4.78 is 12.8. The lowest BCUT2D eigenvalue weighted by molar-refractivity contribution is 0.0427. The molecule has 2 saturated carbocycles. The second-order valence-electron chi connectivity index (χ2n) is 20.8. The summed E-state index contributed by atoms with van der Waals surface area (Å²) in [4.78, 5) is 16.2. The lowest BCUT2D eigenvalue weighted by Gasteiger charge is -2.54. The van der Waals surface area contributed by atoms with E-state index < -0.39 is 0 Å². The number of para-hydroxylation sites is 2. The number of benzene rings is 9. The van der Waals surface area contributed by atoms with Crippen molar-refractivity contribution >= 4 is 54.6 Å². The van der Waals surface area contributed by atoms with E-state index in [9.17, 15) is 0 Å². The molecule has 0 aliphatic heterocycles. The van der Waals surface area contributed by atoms with Crippen molar-refractivity contribution in [2.45, 2.75) is 44.9 Å². The number of hydrogen-bond acceptors (Lipinski definition) is 5. The third-order valence-corrected chi connectivity index (χ3v) is 16.8. The fourth-order valence-corrected chi connectivity index (χ4v) is 14.2. The van der Waals surface area contributed by atoms with Gasteiger partial charge in [0.25, 0.3) is 0 Å². The standard InChI is InChI=1S/C66H49N3O2/c1-38-31-40-33-39(2)66(45(32-38)34-40)54-26-12-23-47(60(54)53-36-41-15-3-4-16-42(41)37-55(53)66)44-18-11-17-43(35-44)46-19-5-6-20-48(46)63-67-64(51-24-13-29-58-61(51)49-21-7-9-27-56(49)70-58)69-65(68-63)52-25-14-30-59-62(52)50-22-8-10-28-57(50)71-59/h3-30,35-40,45H,31-34H2,1-2H3. The van der Waals surface area contributed by atoms with Crippen LogP contribution in [0.5, 0.6) is 0 Å². The Labute approximate surface area is 411 Å². The van der Waals surface area contributed by atoms with Crippen LogP contribution in [0.1, 0.15) is 50.7 Å². The van der Waals surface area contributed by atoms with E-state index in [0.29, 0.717) is 29.3 Å². The van der Waals surface area contributed by atoms with Gasteiger partial charge in [0.1, 0.15) is 22.3 Å². The summed E-state index contributed by atoms with van der Waals surface area (Å²) in [6, 6.07) is 67.7. The van der Waals surface area contributed by atoms with Crippen molar-refractivity contribution in [3.63, 3.8) is 0 Å². The molecule has 340 valence electrons. The highest BCUT2D eigenvalue weighted by Gasteiger charge is 2.57. The molecule has 15 rings (SSSR count). The van der Waals surface area contributed by atoms with Crippen LogP contribution in [0.2, 0.25) is 0 Å². The van der Waals surface area contributed by atoms with Gasteiger partial charge in [0.2, 0.25) is 0 Å². The first-order chi connectivity index (χ1) is 35.0. The molecule has 5 heteroatoms. The van der Waals surface area contributed by atoms with Gasteiger partial charge in [-0.1, -0.05) is 159 Å². The summed E-state index contributed by atoms with van der Waals surface area (Å²) in [6.45, 7) is 5.07. The Kier molecular flexibility index (Phi) is 8.84. The van der Waals surface area contributed by atoms with E-state index in [2.05, 4.69) is 153 Å². The maximum absolute atomic E-state index is 6.41. The van der Waals surface area contributed by atoms with Crippen molar-refractivity contribution in [2.75, 3.05) is 0 Å². The van der Waals surface area contributed by atoms with Crippen LogP contribution < -0.4 is 0 Å². The Bertz CT molecular complexity index is 4020. The molecule has 3 aliphatic rings. The summed E-state index contributed by atoms with van der Waals surface area (Å²) >= 11 is 0. The second kappa shape index (κ2) is 15.4. The van der Waals surface area contributed by atoms with Crippen LogP contribution >= 0.6 is 0 Å². The molecule has 2 fully saturated rings. The third-order valence-electron chi connectivity index (χ3n) is 16.8. The average molecular weight is 916 g/mol. The van der Waals surface area contributed by atoms with E-state index in [1.807, 2.05) is 48.5 Å². The number of aromatic nitrogens is 3. The Morgan fingerprint density at radius 1 is 0.408 bits per heavy atom. The van der Waals surface area contributed by atoms with E-state index in [0.717, 1.165) is 83.5 Å². The van der Waals surface area contributed by atoms with E-state index in [-0.39, 0.29) is 5.41 Å². The molecular formula is C66H49N3O2. The highest BCUT2D eigenvalue weighted by atomic mass is 16.3. The van der Waals surface area contributed by atoms with E-state index in [4.69, 9.17) is 23.8 Å². The monoisotopic (exact) mass is 915 g/mol. The molecular weight excluding hydrogens is 867 g/mol. The molecule has 0 saturated heterocycles. The fourth-order valence-electron chi connectivity index (χ4n) is 14.2. The average Bonchev–Trinajstić information content (AvgIpc) is 4.08. The SMILES string of the molecule is CC1CC2CC(C)C3(c4cc5ccccc5cc4-c4c(-c5cccc(-c6ccccc6-c6nc(-c7cccc8oc9ccccc9c78)nc(-c7cccc8oc9ccccc9c78)n6)c5)cccc43)C(C1)C2. The molecule has 5 unspecified atom stereocenters. The van der Waals surface area contributed by atoms with Crippen LogP contribution in [0.3, 0.4) is 0 Å². The van der Waals surface area contributed by atoms with Crippen molar-refractivity contribution in [3.8, 4) is 67.5 Å². The number of fused-ring (bicyclic) bond motifs is 15. The molecule has 0 radical (unpaired) electrons. The van der Waals surface area contributed by atoms with Crippen LogP contribution in [0.25, 0.3) is 122 Å². The first-order valence-electron chi connectivity index (χ1n) is 25.4. The quantitative estimate of drug-likeness (QED) is 0.172. The lowest BCUT2D eigenvalue weighted by Crippen LogP contribution is -2.49. The molecule has 5 atom stereocenters. The minimum Gasteiger partial charge on any atom is -0.456 e. The van der Waals surface area contributed by atoms with Crippen molar-refractivity contribution in [3.05, 3.63) is 199 Å². The molecule has 0 amide bonds. The summed E-state index contributed by atoms with van der Waals surface area (Å²) in [5.41, 5.74) is 16.5. The largest absolute Gasteiger partial charge is 0.456 e. The van der Waals surface area contributed by atoms with Gasteiger partial charge in [0.05, 0.1) is 0 Å². The Balaban J connectivity index is 0.928. The zero-order valence-electron chi connectivity index (χ0n) is 39.7. The minimum atomic E-state index is -0.0195. The number of furan rings is 2. The van der Waals surface area contributed by atoms with Gasteiger partial charge in [-0.05, 0) is 147 Å². The molecule has 2 bridgehead atoms. The normalized spacial score (nSPS) is 20.4. The Hall–Kier alpha value is -8.15. The minimum absolute atomic E-state index is 0.0195. The molecule has 5 nitrogen and oxygen atoms in total. The van der Waals surface area contributed by atoms with Crippen LogP contribution in [-0.4, -0.2) is 15.0 Å². The maximum atomic E-state index is 6.41. The molecule has 3 aliphatic carbocycles. The van der Waals surface area contributed by atoms with Crippen LogP contribution in [0.4, 0.5) is 0 Å². The first-order valence-corrected chi connectivity index (χ1v) is 25.4. The lowest BCUT2D eigenvalue weighted by atomic mass is 9.49. The van der Waals surface area contributed by atoms with E-state index in [1.54, 1.807) is 5.56 Å². The van der Waals surface area contributed by atoms with E-state index in [1.165, 1.54) is 64.3 Å². The predicted octanol–water partition coefficient (Wildman–Crippen LogP) is 17.5. The predicted molar refractivity (Wildman–Crippen MR) is 289 cm³/mol. The molecule has 9 aromatic carbocycles. The van der Waals surface area contributed by atoms with Gasteiger partial charge < -0.3 is 8.83 Å². The van der Waals surface area contributed by atoms with Crippen LogP contribution in [0, 0.1) is 23.7 Å². The second-order valence-corrected chi connectivity index (χ2v) is 20.8. The maximum Gasteiger partial charge on any atom is 0.164 e. The highest BCUT2D eigenvalue weighted by molar-refractivity contribution is 6.13. The molecule has 71 heavy (non-hydrogen) atoms. The van der Waals surface area contributed by atoms with Crippen molar-refractivity contribution in [1.82, 2.24) is 15.0 Å². The highest BCUT2D eigenvalue weighted by Crippen LogP contribution is 2.66. The summed E-state index contributed by atoms with van der Waals surface area (Å²) in [5.74, 6) is 4.45. The van der Waals surface area contributed by atoms with Crippen LogP contribution in [-0.2, 0) is 5.41 Å². The molecule has 0 N–H and O–H groups in total. The molecule has 3 aromatic heterocycles.